The van der Waals surface area contributed by atoms with E-state index in [0.717, 1.165) is 11.3 Å². The van der Waals surface area contributed by atoms with Crippen LogP contribution in [0.3, 0.4) is 0 Å². The Labute approximate surface area is 151 Å². The number of thiophene rings is 1. The van der Waals surface area contributed by atoms with Gasteiger partial charge in [0.2, 0.25) is 5.91 Å². The molecule has 2 rings (SSSR count). The molecule has 0 aliphatic rings. The Morgan fingerprint density at radius 3 is 2.48 bits per heavy atom. The van der Waals surface area contributed by atoms with Crippen LogP contribution in [0, 0.1) is 0 Å². The number of ether oxygens (including phenoxy) is 1. The Bertz CT molecular complexity index is 708. The van der Waals surface area contributed by atoms with Gasteiger partial charge in [-0.25, -0.2) is 0 Å². The number of amides is 1. The Morgan fingerprint density at radius 2 is 1.84 bits per heavy atom. The summed E-state index contributed by atoms with van der Waals surface area (Å²) in [6.07, 6.45) is 2.12. The van der Waals surface area contributed by atoms with E-state index in [-0.39, 0.29) is 30.7 Å². The van der Waals surface area contributed by atoms with Gasteiger partial charge >= 0.3 is 5.97 Å². The topological polar surface area (TPSA) is 72.5 Å². The summed E-state index contributed by atoms with van der Waals surface area (Å²) in [6, 6.07) is 10.5. The lowest BCUT2D eigenvalue weighted by Gasteiger charge is -2.06. The third kappa shape index (κ3) is 6.51. The molecule has 0 bridgehead atoms. The quantitative estimate of drug-likeness (QED) is 0.545. The average molecular weight is 359 g/mol. The average Bonchev–Trinajstić information content (AvgIpc) is 3.12. The number of Topliss-reactive ketones (excluding diaryl/α,β-unsaturated/α-hetero) is 1. The highest BCUT2D eigenvalue weighted by molar-refractivity contribution is 7.09. The van der Waals surface area contributed by atoms with E-state index >= 15 is 0 Å². The SMILES string of the molecule is CCCC(=O)Nc1ccc(C(=O)COC(=O)CCc2cccs2)cc1. The Morgan fingerprint density at radius 1 is 1.08 bits per heavy atom. The zero-order valence-electron chi connectivity index (χ0n) is 14.1. The predicted octanol–water partition coefficient (Wildman–Crippen LogP) is 3.85. The van der Waals surface area contributed by atoms with Gasteiger partial charge in [-0.1, -0.05) is 13.0 Å². The van der Waals surface area contributed by atoms with Crippen LogP contribution in [0.15, 0.2) is 41.8 Å². The molecule has 2 aromatic rings. The first-order valence-corrected chi connectivity index (χ1v) is 9.07. The first-order valence-electron chi connectivity index (χ1n) is 8.19. The van der Waals surface area contributed by atoms with E-state index in [1.54, 1.807) is 35.6 Å². The van der Waals surface area contributed by atoms with E-state index in [4.69, 9.17) is 4.74 Å². The van der Waals surface area contributed by atoms with Crippen LogP contribution in [0.4, 0.5) is 5.69 Å². The van der Waals surface area contributed by atoms with Crippen LogP contribution in [-0.2, 0) is 20.7 Å². The Balaban J connectivity index is 1.76. The normalized spacial score (nSPS) is 10.3. The molecular weight excluding hydrogens is 338 g/mol. The standard InChI is InChI=1S/C19H21NO4S/c1-2-4-18(22)20-15-8-6-14(7-9-15)17(21)13-24-19(23)11-10-16-5-3-12-25-16/h3,5-9,12H,2,4,10-11,13H2,1H3,(H,20,22). The lowest BCUT2D eigenvalue weighted by atomic mass is 10.1. The Hall–Kier alpha value is -2.47. The second-order valence-corrected chi connectivity index (χ2v) is 6.57. The number of benzene rings is 1. The molecule has 132 valence electrons. The van der Waals surface area contributed by atoms with Crippen LogP contribution in [0.1, 0.15) is 41.4 Å². The van der Waals surface area contributed by atoms with E-state index < -0.39 is 0 Å². The van der Waals surface area contributed by atoms with Crippen molar-refractivity contribution < 1.29 is 19.1 Å². The molecule has 0 fully saturated rings. The zero-order valence-corrected chi connectivity index (χ0v) is 14.9. The van der Waals surface area contributed by atoms with Crippen LogP contribution < -0.4 is 5.32 Å². The summed E-state index contributed by atoms with van der Waals surface area (Å²) in [5.74, 6) is -0.706. The highest BCUT2D eigenvalue weighted by atomic mass is 32.1. The first-order chi connectivity index (χ1) is 12.1. The summed E-state index contributed by atoms with van der Waals surface area (Å²) in [6.45, 7) is 1.66. The third-order valence-electron chi connectivity index (χ3n) is 3.49. The lowest BCUT2D eigenvalue weighted by Crippen LogP contribution is -2.15. The monoisotopic (exact) mass is 359 g/mol. The molecule has 0 saturated carbocycles. The Kier molecular flexibility index (Phi) is 7.35. The van der Waals surface area contributed by atoms with Crippen molar-refractivity contribution >= 4 is 34.7 Å². The van der Waals surface area contributed by atoms with E-state index in [1.807, 2.05) is 24.4 Å². The molecule has 5 nitrogen and oxygen atoms in total. The number of ketones is 1. The highest BCUT2D eigenvalue weighted by Crippen LogP contribution is 2.13. The molecule has 0 atom stereocenters. The largest absolute Gasteiger partial charge is 0.457 e. The molecule has 0 saturated heterocycles. The van der Waals surface area contributed by atoms with Gasteiger partial charge in [-0.3, -0.25) is 14.4 Å². The van der Waals surface area contributed by atoms with Crippen molar-refractivity contribution in [1.29, 1.82) is 0 Å². The number of hydrogen-bond donors (Lipinski definition) is 1. The molecule has 0 unspecified atom stereocenters. The van der Waals surface area contributed by atoms with Crippen LogP contribution >= 0.6 is 11.3 Å². The van der Waals surface area contributed by atoms with Crippen molar-refractivity contribution in [3.8, 4) is 0 Å². The van der Waals surface area contributed by atoms with Gasteiger partial charge in [0.1, 0.15) is 0 Å². The second-order valence-electron chi connectivity index (χ2n) is 5.54. The van der Waals surface area contributed by atoms with Crippen molar-refractivity contribution in [2.24, 2.45) is 0 Å². The molecule has 1 aromatic heterocycles. The van der Waals surface area contributed by atoms with Gasteiger partial charge in [0.05, 0.1) is 6.42 Å². The predicted molar refractivity (Wildman–Crippen MR) is 97.9 cm³/mol. The number of carbonyl (C=O) groups excluding carboxylic acids is 3. The summed E-state index contributed by atoms with van der Waals surface area (Å²) >= 11 is 1.59. The van der Waals surface area contributed by atoms with Gasteiger partial charge in [-0.15, -0.1) is 11.3 Å². The minimum atomic E-state index is -0.384. The van der Waals surface area contributed by atoms with Crippen molar-refractivity contribution in [3.63, 3.8) is 0 Å². The third-order valence-corrected chi connectivity index (χ3v) is 4.42. The first kappa shape index (κ1) is 18.9. The number of aryl methyl sites for hydroxylation is 1. The van der Waals surface area contributed by atoms with Crippen molar-refractivity contribution in [3.05, 3.63) is 52.2 Å². The minimum absolute atomic E-state index is 0.0544. The van der Waals surface area contributed by atoms with E-state index in [9.17, 15) is 14.4 Å². The summed E-state index contributed by atoms with van der Waals surface area (Å²) < 4.78 is 5.03. The summed E-state index contributed by atoms with van der Waals surface area (Å²) in [7, 11) is 0. The van der Waals surface area contributed by atoms with E-state index in [2.05, 4.69) is 5.32 Å². The van der Waals surface area contributed by atoms with Crippen LogP contribution in [-0.4, -0.2) is 24.3 Å². The maximum atomic E-state index is 12.1. The molecule has 25 heavy (non-hydrogen) atoms. The molecule has 0 radical (unpaired) electrons. The summed E-state index contributed by atoms with van der Waals surface area (Å²) in [4.78, 5) is 36.4. The lowest BCUT2D eigenvalue weighted by molar-refractivity contribution is -0.142. The maximum absolute atomic E-state index is 12.1. The second kappa shape index (κ2) is 9.74. The molecule has 6 heteroatoms. The number of rotatable bonds is 9. The fourth-order valence-electron chi connectivity index (χ4n) is 2.17. The molecule has 0 aliphatic heterocycles. The molecule has 1 aromatic carbocycles. The summed E-state index contributed by atoms with van der Waals surface area (Å²) in [5.41, 5.74) is 1.09. The molecule has 1 amide bonds. The number of hydrogen-bond acceptors (Lipinski definition) is 5. The van der Waals surface area contributed by atoms with Crippen molar-refractivity contribution in [2.45, 2.75) is 32.6 Å². The van der Waals surface area contributed by atoms with Gasteiger partial charge in [-0.05, 0) is 48.6 Å². The van der Waals surface area contributed by atoms with Crippen LogP contribution in [0.25, 0.3) is 0 Å². The minimum Gasteiger partial charge on any atom is -0.457 e. The summed E-state index contributed by atoms with van der Waals surface area (Å²) in [5, 5.41) is 4.71. The van der Waals surface area contributed by atoms with Crippen molar-refractivity contribution in [1.82, 2.24) is 0 Å². The molecular formula is C19H21NO4S. The van der Waals surface area contributed by atoms with E-state index in [1.165, 1.54) is 0 Å². The maximum Gasteiger partial charge on any atom is 0.306 e. The molecule has 0 aliphatic carbocycles. The molecule has 0 spiro atoms. The van der Waals surface area contributed by atoms with Gasteiger partial charge < -0.3 is 10.1 Å². The fourth-order valence-corrected chi connectivity index (χ4v) is 2.88. The van der Waals surface area contributed by atoms with Crippen LogP contribution in [0.5, 0.6) is 0 Å². The van der Waals surface area contributed by atoms with Gasteiger partial charge in [-0.2, -0.15) is 0 Å². The van der Waals surface area contributed by atoms with Gasteiger partial charge in [0.25, 0.3) is 0 Å². The number of anilines is 1. The van der Waals surface area contributed by atoms with Crippen molar-refractivity contribution in [2.75, 3.05) is 11.9 Å². The fraction of sp³-hybridized carbons (Fsp3) is 0.316. The van der Waals surface area contributed by atoms with Crippen LogP contribution in [0.2, 0.25) is 0 Å². The highest BCUT2D eigenvalue weighted by Gasteiger charge is 2.11. The zero-order chi connectivity index (χ0) is 18.1. The van der Waals surface area contributed by atoms with Gasteiger partial charge in [0, 0.05) is 22.5 Å². The molecule has 1 N–H and O–H groups in total. The van der Waals surface area contributed by atoms with E-state index in [0.29, 0.717) is 24.1 Å². The van der Waals surface area contributed by atoms with Gasteiger partial charge in [0.15, 0.2) is 12.4 Å². The number of nitrogens with one attached hydrogen (secondary N) is 1. The number of carbonyl (C=O) groups is 3. The number of esters is 1. The molecule has 1 heterocycles. The smallest absolute Gasteiger partial charge is 0.306 e.